The van der Waals surface area contributed by atoms with E-state index < -0.39 is 17.8 Å². The number of aryl methyl sites for hydroxylation is 1. The van der Waals surface area contributed by atoms with Gasteiger partial charge in [-0.15, -0.1) is 0 Å². The van der Waals surface area contributed by atoms with Crippen LogP contribution in [-0.2, 0) is 4.79 Å². The van der Waals surface area contributed by atoms with Crippen LogP contribution in [0.2, 0.25) is 0 Å². The fourth-order valence-electron chi connectivity index (χ4n) is 2.41. The molecule has 3 aromatic rings. The number of hydrogen-bond donors (Lipinski definition) is 1. The van der Waals surface area contributed by atoms with Gasteiger partial charge in [0.25, 0.3) is 5.91 Å². The molecule has 0 saturated heterocycles. The smallest absolute Gasteiger partial charge is 0.267 e. The maximum Gasteiger partial charge on any atom is 0.267 e. The Bertz CT molecular complexity index is 890. The highest BCUT2D eigenvalue weighted by Crippen LogP contribution is 2.23. The summed E-state index contributed by atoms with van der Waals surface area (Å²) < 4.78 is 24.4. The van der Waals surface area contributed by atoms with Gasteiger partial charge in [-0.25, -0.2) is 4.39 Å². The lowest BCUT2D eigenvalue weighted by Crippen LogP contribution is -2.32. The molecule has 1 amide bonds. The lowest BCUT2D eigenvalue weighted by molar-refractivity contribution is -0.123. The number of benzene rings is 2. The fourth-order valence-corrected chi connectivity index (χ4v) is 2.41. The van der Waals surface area contributed by atoms with Gasteiger partial charge < -0.3 is 9.26 Å². The minimum absolute atomic E-state index is 0.0346. The Morgan fingerprint density at radius 3 is 2.65 bits per heavy atom. The fraction of sp³-hybridized carbons (Fsp3) is 0.200. The van der Waals surface area contributed by atoms with E-state index >= 15 is 0 Å². The van der Waals surface area contributed by atoms with E-state index in [4.69, 9.17) is 9.26 Å². The number of nitrogens with one attached hydrogen (secondary N) is 1. The van der Waals surface area contributed by atoms with Gasteiger partial charge in [-0.3, -0.25) is 10.1 Å². The van der Waals surface area contributed by atoms with Crippen molar-refractivity contribution in [3.8, 4) is 17.0 Å². The number of hydrogen-bond acceptors (Lipinski definition) is 4. The second kappa shape index (κ2) is 7.82. The van der Waals surface area contributed by atoms with E-state index in [2.05, 4.69) is 10.5 Å². The summed E-state index contributed by atoms with van der Waals surface area (Å²) in [6.07, 6.45) is -0.473. The molecular weight excluding hydrogens is 335 g/mol. The van der Waals surface area contributed by atoms with Gasteiger partial charge >= 0.3 is 0 Å². The first-order valence-electron chi connectivity index (χ1n) is 8.32. The Morgan fingerprint density at radius 1 is 1.23 bits per heavy atom. The molecule has 1 heterocycles. The van der Waals surface area contributed by atoms with Crippen molar-refractivity contribution in [3.05, 3.63) is 66.0 Å². The van der Waals surface area contributed by atoms with Crippen molar-refractivity contribution in [2.45, 2.75) is 26.4 Å². The van der Waals surface area contributed by atoms with Crippen LogP contribution in [0.4, 0.5) is 10.3 Å². The van der Waals surface area contributed by atoms with Crippen LogP contribution in [0.25, 0.3) is 11.3 Å². The standard InChI is InChI=1S/C20H19FN2O3/c1-3-17(25-18-7-5-4-6-15(18)21)20(24)22-19-12-16(23-26-19)14-10-8-13(2)9-11-14/h4-12,17H,3H2,1-2H3,(H,22,24)/t17-/m1/s1. The number of carbonyl (C=O) groups is 1. The molecule has 0 aliphatic heterocycles. The van der Waals surface area contributed by atoms with Crippen molar-refractivity contribution in [2.24, 2.45) is 0 Å². The third-order valence-corrected chi connectivity index (χ3v) is 3.87. The molecule has 0 saturated carbocycles. The molecule has 1 atom stereocenters. The predicted molar refractivity (Wildman–Crippen MR) is 96.4 cm³/mol. The van der Waals surface area contributed by atoms with Crippen LogP contribution in [0.1, 0.15) is 18.9 Å². The predicted octanol–water partition coefficient (Wildman–Crippen LogP) is 4.59. The monoisotopic (exact) mass is 354 g/mol. The summed E-state index contributed by atoms with van der Waals surface area (Å²) in [6.45, 7) is 3.78. The Kier molecular flexibility index (Phi) is 5.31. The average Bonchev–Trinajstić information content (AvgIpc) is 3.10. The van der Waals surface area contributed by atoms with Crippen LogP contribution in [0.5, 0.6) is 5.75 Å². The molecule has 0 bridgehead atoms. The van der Waals surface area contributed by atoms with Gasteiger partial charge in [-0.1, -0.05) is 54.0 Å². The van der Waals surface area contributed by atoms with Crippen molar-refractivity contribution in [1.82, 2.24) is 5.16 Å². The summed E-state index contributed by atoms with van der Waals surface area (Å²) in [4.78, 5) is 12.4. The van der Waals surface area contributed by atoms with E-state index in [9.17, 15) is 9.18 Å². The molecule has 26 heavy (non-hydrogen) atoms. The van der Waals surface area contributed by atoms with Crippen molar-refractivity contribution in [2.75, 3.05) is 5.32 Å². The topological polar surface area (TPSA) is 64.4 Å². The number of anilines is 1. The van der Waals surface area contributed by atoms with E-state index in [-0.39, 0.29) is 11.6 Å². The second-order valence-electron chi connectivity index (χ2n) is 5.88. The third-order valence-electron chi connectivity index (χ3n) is 3.87. The molecule has 134 valence electrons. The highest BCUT2D eigenvalue weighted by atomic mass is 19.1. The van der Waals surface area contributed by atoms with Crippen LogP contribution in [-0.4, -0.2) is 17.2 Å². The molecule has 0 aliphatic rings. The summed E-state index contributed by atoms with van der Waals surface area (Å²) in [7, 11) is 0. The quantitative estimate of drug-likeness (QED) is 0.703. The lowest BCUT2D eigenvalue weighted by Gasteiger charge is -2.16. The number of ether oxygens (including phenoxy) is 1. The van der Waals surface area contributed by atoms with Crippen LogP contribution in [0, 0.1) is 12.7 Å². The Balaban J connectivity index is 1.68. The molecule has 1 aromatic heterocycles. The highest BCUT2D eigenvalue weighted by Gasteiger charge is 2.21. The molecule has 5 nitrogen and oxygen atoms in total. The summed E-state index contributed by atoms with van der Waals surface area (Å²) in [6, 6.07) is 15.4. The Hall–Kier alpha value is -3.15. The van der Waals surface area contributed by atoms with Crippen LogP contribution in [0.15, 0.2) is 59.1 Å². The second-order valence-corrected chi connectivity index (χ2v) is 5.88. The molecule has 0 spiro atoms. The summed E-state index contributed by atoms with van der Waals surface area (Å²) in [5.41, 5.74) is 2.64. The number of halogens is 1. The SMILES string of the molecule is CC[C@@H](Oc1ccccc1F)C(=O)Nc1cc(-c2ccc(C)cc2)no1. The number of amides is 1. The largest absolute Gasteiger partial charge is 0.478 e. The van der Waals surface area contributed by atoms with Gasteiger partial charge in [0.05, 0.1) is 0 Å². The van der Waals surface area contributed by atoms with E-state index in [1.54, 1.807) is 25.1 Å². The minimum atomic E-state index is -0.847. The zero-order valence-electron chi connectivity index (χ0n) is 14.5. The van der Waals surface area contributed by atoms with Crippen molar-refractivity contribution in [3.63, 3.8) is 0 Å². The van der Waals surface area contributed by atoms with E-state index in [0.717, 1.165) is 11.1 Å². The third kappa shape index (κ3) is 4.08. The molecule has 0 radical (unpaired) electrons. The van der Waals surface area contributed by atoms with Crippen molar-refractivity contribution < 1.29 is 18.4 Å². The normalized spacial score (nSPS) is 11.8. The highest BCUT2D eigenvalue weighted by molar-refractivity contribution is 5.93. The van der Waals surface area contributed by atoms with Crippen LogP contribution in [0.3, 0.4) is 0 Å². The molecule has 1 N–H and O–H groups in total. The van der Waals surface area contributed by atoms with E-state index in [1.165, 1.54) is 12.1 Å². The number of nitrogens with zero attached hydrogens (tertiary/aromatic N) is 1. The summed E-state index contributed by atoms with van der Waals surface area (Å²) in [5.74, 6) is -0.698. The Morgan fingerprint density at radius 2 is 1.96 bits per heavy atom. The van der Waals surface area contributed by atoms with Crippen LogP contribution < -0.4 is 10.1 Å². The average molecular weight is 354 g/mol. The maximum atomic E-state index is 13.7. The van der Waals surface area contributed by atoms with E-state index in [0.29, 0.717) is 12.1 Å². The maximum absolute atomic E-state index is 13.7. The number of para-hydroxylation sites is 1. The van der Waals surface area contributed by atoms with Crippen LogP contribution >= 0.6 is 0 Å². The molecule has 2 aromatic carbocycles. The number of aromatic nitrogens is 1. The lowest BCUT2D eigenvalue weighted by atomic mass is 10.1. The molecule has 6 heteroatoms. The zero-order valence-corrected chi connectivity index (χ0v) is 14.5. The van der Waals surface area contributed by atoms with Gasteiger partial charge in [-0.2, -0.15) is 0 Å². The first kappa shape index (κ1) is 17.7. The Labute approximate surface area is 150 Å². The molecule has 0 fully saturated rings. The molecule has 3 rings (SSSR count). The van der Waals surface area contributed by atoms with Gasteiger partial charge in [0.15, 0.2) is 17.7 Å². The van der Waals surface area contributed by atoms with Gasteiger partial charge in [0.1, 0.15) is 5.69 Å². The number of rotatable bonds is 6. The zero-order chi connectivity index (χ0) is 18.5. The molecule has 0 aliphatic carbocycles. The first-order chi connectivity index (χ1) is 12.6. The van der Waals surface area contributed by atoms with Gasteiger partial charge in [0.2, 0.25) is 5.88 Å². The summed E-state index contributed by atoms with van der Waals surface area (Å²) >= 11 is 0. The first-order valence-corrected chi connectivity index (χ1v) is 8.32. The van der Waals surface area contributed by atoms with Gasteiger partial charge in [0, 0.05) is 11.6 Å². The van der Waals surface area contributed by atoms with Gasteiger partial charge in [-0.05, 0) is 25.5 Å². The van der Waals surface area contributed by atoms with E-state index in [1.807, 2.05) is 31.2 Å². The molecule has 0 unspecified atom stereocenters. The number of carbonyl (C=O) groups excluding carboxylic acids is 1. The summed E-state index contributed by atoms with van der Waals surface area (Å²) in [5, 5.41) is 6.58. The van der Waals surface area contributed by atoms with Crippen molar-refractivity contribution in [1.29, 1.82) is 0 Å². The van der Waals surface area contributed by atoms with Crippen molar-refractivity contribution >= 4 is 11.8 Å². The minimum Gasteiger partial charge on any atom is -0.478 e. The molecular formula is C20H19FN2O3.